The van der Waals surface area contributed by atoms with Crippen LogP contribution >= 0.6 is 11.6 Å². The van der Waals surface area contributed by atoms with E-state index in [1.54, 1.807) is 0 Å². The smallest absolute Gasteiger partial charge is 0.319 e. The third-order valence-electron chi connectivity index (χ3n) is 3.59. The van der Waals surface area contributed by atoms with Gasteiger partial charge in [-0.25, -0.2) is 9.18 Å². The zero-order chi connectivity index (χ0) is 15.9. The zero-order valence-electron chi connectivity index (χ0n) is 12.1. The molecule has 1 aliphatic carbocycles. The Labute approximate surface area is 133 Å². The molecule has 0 radical (unpaired) electrons. The third-order valence-corrected chi connectivity index (χ3v) is 3.83. The predicted octanol–water partition coefficient (Wildman–Crippen LogP) is 2.91. The number of carbonyl (C=O) groups excluding carboxylic acids is 2. The maximum absolute atomic E-state index is 13.5. The van der Waals surface area contributed by atoms with Crippen molar-refractivity contribution in [2.45, 2.75) is 25.7 Å². The Morgan fingerprint density at radius 1 is 1.23 bits per heavy atom. The van der Waals surface area contributed by atoms with Gasteiger partial charge in [0.15, 0.2) is 0 Å². The maximum Gasteiger partial charge on any atom is 0.319 e. The van der Waals surface area contributed by atoms with Gasteiger partial charge in [-0.05, 0) is 37.5 Å². The first-order chi connectivity index (χ1) is 10.6. The summed E-state index contributed by atoms with van der Waals surface area (Å²) in [5.74, 6) is -0.321. The number of urea groups is 1. The molecule has 1 aromatic rings. The van der Waals surface area contributed by atoms with Gasteiger partial charge in [0.25, 0.3) is 0 Å². The summed E-state index contributed by atoms with van der Waals surface area (Å²) in [6, 6.07) is 3.53. The van der Waals surface area contributed by atoms with E-state index >= 15 is 0 Å². The van der Waals surface area contributed by atoms with Gasteiger partial charge < -0.3 is 16.0 Å². The van der Waals surface area contributed by atoms with Crippen molar-refractivity contribution in [3.05, 3.63) is 29.0 Å². The van der Waals surface area contributed by atoms with Crippen molar-refractivity contribution >= 4 is 29.2 Å². The van der Waals surface area contributed by atoms with Crippen molar-refractivity contribution in [1.29, 1.82) is 0 Å². The van der Waals surface area contributed by atoms with Crippen molar-refractivity contribution in [3.63, 3.8) is 0 Å². The number of carbonyl (C=O) groups is 2. The molecule has 22 heavy (non-hydrogen) atoms. The molecule has 1 fully saturated rings. The summed E-state index contributed by atoms with van der Waals surface area (Å²) in [6.45, 7) is 0.914. The molecule has 1 aromatic carbocycles. The second-order valence-electron chi connectivity index (χ2n) is 5.28. The van der Waals surface area contributed by atoms with Gasteiger partial charge in [0, 0.05) is 24.0 Å². The molecule has 2 rings (SSSR count). The van der Waals surface area contributed by atoms with Gasteiger partial charge >= 0.3 is 6.03 Å². The molecule has 0 bridgehead atoms. The highest BCUT2D eigenvalue weighted by Crippen LogP contribution is 2.26. The van der Waals surface area contributed by atoms with Crippen molar-refractivity contribution in [1.82, 2.24) is 10.6 Å². The number of hydrogen-bond acceptors (Lipinski definition) is 2. The standard InChI is InChI=1S/C15H19ClFN3O2/c16-11-5-6-13(12(17)9-11)20-15(22)19-8-2-7-18-14(21)10-3-1-4-10/h5-6,9-10H,1-4,7-8H2,(H,18,21)(H2,19,20,22). The Morgan fingerprint density at radius 3 is 2.59 bits per heavy atom. The molecule has 0 aromatic heterocycles. The molecule has 1 aliphatic rings. The van der Waals surface area contributed by atoms with Crippen LogP contribution in [0.15, 0.2) is 18.2 Å². The summed E-state index contributed by atoms with van der Waals surface area (Å²) in [4.78, 5) is 23.2. The van der Waals surface area contributed by atoms with E-state index in [9.17, 15) is 14.0 Å². The third kappa shape index (κ3) is 4.87. The summed E-state index contributed by atoms with van der Waals surface area (Å²) in [7, 11) is 0. The van der Waals surface area contributed by atoms with Gasteiger partial charge in [-0.1, -0.05) is 18.0 Å². The number of anilines is 1. The molecule has 1 saturated carbocycles. The van der Waals surface area contributed by atoms with Crippen LogP contribution in [0.4, 0.5) is 14.9 Å². The molecule has 0 spiro atoms. The fourth-order valence-corrected chi connectivity index (χ4v) is 2.23. The van der Waals surface area contributed by atoms with E-state index in [0.29, 0.717) is 19.5 Å². The van der Waals surface area contributed by atoms with Crippen LogP contribution in [0.1, 0.15) is 25.7 Å². The average molecular weight is 328 g/mol. The van der Waals surface area contributed by atoms with E-state index in [0.717, 1.165) is 25.3 Å². The molecule has 3 N–H and O–H groups in total. The Hall–Kier alpha value is -1.82. The van der Waals surface area contributed by atoms with Crippen LogP contribution in [-0.2, 0) is 4.79 Å². The van der Waals surface area contributed by atoms with Crippen molar-refractivity contribution in [2.75, 3.05) is 18.4 Å². The largest absolute Gasteiger partial charge is 0.356 e. The second kappa shape index (κ2) is 7.98. The lowest BCUT2D eigenvalue weighted by Gasteiger charge is -2.23. The fraction of sp³-hybridized carbons (Fsp3) is 0.467. The second-order valence-corrected chi connectivity index (χ2v) is 5.71. The molecule has 7 heteroatoms. The topological polar surface area (TPSA) is 70.2 Å². The number of rotatable bonds is 6. The van der Waals surface area contributed by atoms with Crippen LogP contribution in [0.3, 0.4) is 0 Å². The van der Waals surface area contributed by atoms with Crippen LogP contribution in [0.2, 0.25) is 5.02 Å². The van der Waals surface area contributed by atoms with Crippen LogP contribution in [0, 0.1) is 11.7 Å². The Kier molecular flexibility index (Phi) is 6.00. The summed E-state index contributed by atoms with van der Waals surface area (Å²) >= 11 is 5.63. The van der Waals surface area contributed by atoms with Gasteiger partial charge in [-0.2, -0.15) is 0 Å². The number of amides is 3. The average Bonchev–Trinajstić information content (AvgIpc) is 2.39. The number of nitrogens with one attached hydrogen (secondary N) is 3. The molecule has 3 amide bonds. The number of halogens is 2. The SMILES string of the molecule is O=C(NCCCNC(=O)C1CCC1)Nc1ccc(Cl)cc1F. The molecule has 0 saturated heterocycles. The maximum atomic E-state index is 13.5. The first-order valence-corrected chi connectivity index (χ1v) is 7.71. The Bertz CT molecular complexity index is 550. The quantitative estimate of drug-likeness (QED) is 0.703. The molecular formula is C15H19ClFN3O2. The zero-order valence-corrected chi connectivity index (χ0v) is 12.9. The normalized spacial score (nSPS) is 14.1. The minimum atomic E-state index is -0.588. The van der Waals surface area contributed by atoms with Crippen LogP contribution in [0.5, 0.6) is 0 Å². The summed E-state index contributed by atoms with van der Waals surface area (Å²) in [6.07, 6.45) is 3.69. The van der Waals surface area contributed by atoms with Gasteiger partial charge in [-0.3, -0.25) is 4.79 Å². The minimum absolute atomic E-state index is 0.0696. The van der Waals surface area contributed by atoms with Crippen LogP contribution in [-0.4, -0.2) is 25.0 Å². The number of hydrogen-bond donors (Lipinski definition) is 3. The van der Waals surface area contributed by atoms with Gasteiger partial charge in [0.1, 0.15) is 5.82 Å². The first kappa shape index (κ1) is 16.5. The molecule has 0 unspecified atom stereocenters. The van der Waals surface area contributed by atoms with Crippen LogP contribution in [0.25, 0.3) is 0 Å². The van der Waals surface area contributed by atoms with E-state index in [4.69, 9.17) is 11.6 Å². The van der Waals surface area contributed by atoms with Crippen molar-refractivity contribution in [3.8, 4) is 0 Å². The highest BCUT2D eigenvalue weighted by atomic mass is 35.5. The van der Waals surface area contributed by atoms with Gasteiger partial charge in [0.2, 0.25) is 5.91 Å². The molecule has 120 valence electrons. The molecule has 0 atom stereocenters. The van der Waals surface area contributed by atoms with E-state index in [-0.39, 0.29) is 22.5 Å². The van der Waals surface area contributed by atoms with E-state index in [1.165, 1.54) is 12.1 Å². The lowest BCUT2D eigenvalue weighted by atomic mass is 9.85. The van der Waals surface area contributed by atoms with E-state index in [2.05, 4.69) is 16.0 Å². The molecule has 0 heterocycles. The summed E-state index contributed by atoms with van der Waals surface area (Å²) < 4.78 is 13.5. The van der Waals surface area contributed by atoms with Crippen molar-refractivity contribution < 1.29 is 14.0 Å². The van der Waals surface area contributed by atoms with Gasteiger partial charge in [0.05, 0.1) is 5.69 Å². The van der Waals surface area contributed by atoms with Gasteiger partial charge in [-0.15, -0.1) is 0 Å². The Balaban J connectivity index is 1.60. The van der Waals surface area contributed by atoms with Crippen molar-refractivity contribution in [2.24, 2.45) is 5.92 Å². The summed E-state index contributed by atoms with van der Waals surface area (Å²) in [5.41, 5.74) is 0.0696. The fourth-order valence-electron chi connectivity index (χ4n) is 2.07. The van der Waals surface area contributed by atoms with E-state index in [1.807, 2.05) is 0 Å². The summed E-state index contributed by atoms with van der Waals surface area (Å²) in [5, 5.41) is 8.11. The highest BCUT2D eigenvalue weighted by Gasteiger charge is 2.24. The minimum Gasteiger partial charge on any atom is -0.356 e. The van der Waals surface area contributed by atoms with Crippen LogP contribution < -0.4 is 16.0 Å². The first-order valence-electron chi connectivity index (χ1n) is 7.34. The Morgan fingerprint density at radius 2 is 1.95 bits per heavy atom. The molecule has 0 aliphatic heterocycles. The monoisotopic (exact) mass is 327 g/mol. The number of benzene rings is 1. The predicted molar refractivity (Wildman–Crippen MR) is 83.4 cm³/mol. The highest BCUT2D eigenvalue weighted by molar-refractivity contribution is 6.30. The molecule has 5 nitrogen and oxygen atoms in total. The lowest BCUT2D eigenvalue weighted by Crippen LogP contribution is -2.36. The lowest BCUT2D eigenvalue weighted by molar-refractivity contribution is -0.127. The van der Waals surface area contributed by atoms with E-state index < -0.39 is 11.8 Å². The molecular weight excluding hydrogens is 309 g/mol.